The van der Waals surface area contributed by atoms with Crippen LogP contribution in [0, 0.1) is 0 Å². The van der Waals surface area contributed by atoms with Gasteiger partial charge in [0.1, 0.15) is 11.6 Å². The highest BCUT2D eigenvalue weighted by atomic mass is 19.4. The lowest BCUT2D eigenvalue weighted by Crippen LogP contribution is -2.51. The van der Waals surface area contributed by atoms with Crippen LogP contribution < -0.4 is 10.2 Å². The highest BCUT2D eigenvalue weighted by Gasteiger charge is 2.31. The SMILES string of the molecule is O=C(NCc1ccco1)N1CCN(c2ccc(C(F)(F)F)cn2)CC1. The minimum absolute atomic E-state index is 0.198. The van der Waals surface area contributed by atoms with Gasteiger partial charge in [0, 0.05) is 32.4 Å². The molecule has 1 aliphatic rings. The van der Waals surface area contributed by atoms with E-state index in [-0.39, 0.29) is 6.03 Å². The van der Waals surface area contributed by atoms with Crippen LogP contribution in [0.25, 0.3) is 0 Å². The number of nitrogens with one attached hydrogen (secondary N) is 1. The number of amides is 2. The minimum Gasteiger partial charge on any atom is -0.467 e. The highest BCUT2D eigenvalue weighted by molar-refractivity contribution is 5.74. The lowest BCUT2D eigenvalue weighted by Gasteiger charge is -2.35. The molecule has 3 rings (SSSR count). The molecule has 0 radical (unpaired) electrons. The fourth-order valence-corrected chi connectivity index (χ4v) is 2.57. The summed E-state index contributed by atoms with van der Waals surface area (Å²) in [4.78, 5) is 19.5. The summed E-state index contributed by atoms with van der Waals surface area (Å²) in [7, 11) is 0. The van der Waals surface area contributed by atoms with E-state index in [0.29, 0.717) is 44.3 Å². The van der Waals surface area contributed by atoms with E-state index in [1.165, 1.54) is 12.3 Å². The molecular weight excluding hydrogens is 337 g/mol. The molecule has 0 spiro atoms. The first kappa shape index (κ1) is 17.1. The Hall–Kier alpha value is -2.71. The van der Waals surface area contributed by atoms with Gasteiger partial charge in [0.05, 0.1) is 18.4 Å². The van der Waals surface area contributed by atoms with Crippen LogP contribution in [-0.4, -0.2) is 42.1 Å². The maximum atomic E-state index is 12.6. The monoisotopic (exact) mass is 354 g/mol. The van der Waals surface area contributed by atoms with Gasteiger partial charge in [-0.1, -0.05) is 0 Å². The summed E-state index contributed by atoms with van der Waals surface area (Å²) < 4.78 is 42.8. The van der Waals surface area contributed by atoms with Crippen molar-refractivity contribution in [1.29, 1.82) is 0 Å². The molecule has 2 aromatic heterocycles. The Balaban J connectivity index is 1.50. The standard InChI is InChI=1S/C16H17F3N4O2/c17-16(18,19)12-3-4-14(20-10-12)22-5-7-23(8-6-22)15(24)21-11-13-2-1-9-25-13/h1-4,9-10H,5-8,11H2,(H,21,24). The van der Waals surface area contributed by atoms with Gasteiger partial charge in [-0.05, 0) is 24.3 Å². The average molecular weight is 354 g/mol. The maximum Gasteiger partial charge on any atom is 0.417 e. The summed E-state index contributed by atoms with van der Waals surface area (Å²) in [6, 6.07) is 5.70. The molecule has 134 valence electrons. The molecule has 1 fully saturated rings. The van der Waals surface area contributed by atoms with E-state index in [1.807, 2.05) is 4.90 Å². The number of rotatable bonds is 3. The Morgan fingerprint density at radius 1 is 1.20 bits per heavy atom. The van der Waals surface area contributed by atoms with Gasteiger partial charge in [-0.3, -0.25) is 0 Å². The quantitative estimate of drug-likeness (QED) is 0.921. The van der Waals surface area contributed by atoms with Gasteiger partial charge in [0.25, 0.3) is 0 Å². The van der Waals surface area contributed by atoms with Crippen LogP contribution >= 0.6 is 0 Å². The van der Waals surface area contributed by atoms with E-state index in [2.05, 4.69) is 10.3 Å². The summed E-state index contributed by atoms with van der Waals surface area (Å²) in [6.07, 6.45) is -2.02. The Morgan fingerprint density at radius 3 is 2.52 bits per heavy atom. The Labute approximate surface area is 142 Å². The number of alkyl halides is 3. The number of piperazine rings is 1. The molecule has 1 N–H and O–H groups in total. The van der Waals surface area contributed by atoms with Crippen molar-refractivity contribution in [3.8, 4) is 0 Å². The normalized spacial score (nSPS) is 15.3. The van der Waals surface area contributed by atoms with Crippen molar-refractivity contribution in [2.75, 3.05) is 31.1 Å². The number of hydrogen-bond donors (Lipinski definition) is 1. The summed E-state index contributed by atoms with van der Waals surface area (Å²) in [6.45, 7) is 2.25. The van der Waals surface area contributed by atoms with E-state index in [1.54, 1.807) is 17.0 Å². The number of pyridine rings is 1. The zero-order valence-corrected chi connectivity index (χ0v) is 13.3. The number of urea groups is 1. The number of carbonyl (C=O) groups excluding carboxylic acids is 1. The van der Waals surface area contributed by atoms with Crippen molar-refractivity contribution in [3.05, 3.63) is 48.0 Å². The molecule has 2 aromatic rings. The van der Waals surface area contributed by atoms with Crippen molar-refractivity contribution in [1.82, 2.24) is 15.2 Å². The lowest BCUT2D eigenvalue weighted by atomic mass is 10.2. The molecule has 9 heteroatoms. The van der Waals surface area contributed by atoms with E-state index >= 15 is 0 Å². The van der Waals surface area contributed by atoms with Crippen LogP contribution in [0.2, 0.25) is 0 Å². The smallest absolute Gasteiger partial charge is 0.417 e. The molecule has 0 aromatic carbocycles. The number of aromatic nitrogens is 1. The molecule has 3 heterocycles. The first-order valence-corrected chi connectivity index (χ1v) is 7.77. The average Bonchev–Trinajstić information content (AvgIpc) is 3.13. The van der Waals surface area contributed by atoms with Gasteiger partial charge >= 0.3 is 12.2 Å². The molecule has 1 saturated heterocycles. The predicted octanol–water partition coefficient (Wildman–Crippen LogP) is 2.73. The number of nitrogens with zero attached hydrogens (tertiary/aromatic N) is 3. The third kappa shape index (κ3) is 4.23. The Morgan fingerprint density at radius 2 is 1.96 bits per heavy atom. The van der Waals surface area contributed by atoms with E-state index in [0.717, 1.165) is 12.3 Å². The van der Waals surface area contributed by atoms with Crippen LogP contribution in [0.3, 0.4) is 0 Å². The van der Waals surface area contributed by atoms with Crippen molar-refractivity contribution < 1.29 is 22.4 Å². The Kier molecular flexibility index (Phi) is 4.82. The lowest BCUT2D eigenvalue weighted by molar-refractivity contribution is -0.137. The van der Waals surface area contributed by atoms with Gasteiger partial charge < -0.3 is 19.5 Å². The highest BCUT2D eigenvalue weighted by Crippen LogP contribution is 2.29. The van der Waals surface area contributed by atoms with E-state index in [9.17, 15) is 18.0 Å². The van der Waals surface area contributed by atoms with Crippen LogP contribution in [0.15, 0.2) is 41.1 Å². The summed E-state index contributed by atoms with van der Waals surface area (Å²) >= 11 is 0. The van der Waals surface area contributed by atoms with Gasteiger partial charge in [-0.25, -0.2) is 9.78 Å². The van der Waals surface area contributed by atoms with Crippen LogP contribution in [0.5, 0.6) is 0 Å². The topological polar surface area (TPSA) is 61.6 Å². The minimum atomic E-state index is -4.39. The second-order valence-corrected chi connectivity index (χ2v) is 5.61. The molecule has 6 nitrogen and oxygen atoms in total. The first-order valence-electron chi connectivity index (χ1n) is 7.77. The van der Waals surface area contributed by atoms with Crippen molar-refractivity contribution in [2.45, 2.75) is 12.7 Å². The zero-order valence-electron chi connectivity index (χ0n) is 13.3. The predicted molar refractivity (Wildman–Crippen MR) is 84.0 cm³/mol. The van der Waals surface area contributed by atoms with Crippen molar-refractivity contribution in [2.24, 2.45) is 0 Å². The fraction of sp³-hybridized carbons (Fsp3) is 0.375. The number of furan rings is 1. The third-order valence-electron chi connectivity index (χ3n) is 3.96. The number of hydrogen-bond acceptors (Lipinski definition) is 4. The van der Waals surface area contributed by atoms with Crippen LogP contribution in [0.1, 0.15) is 11.3 Å². The van der Waals surface area contributed by atoms with E-state index < -0.39 is 11.7 Å². The van der Waals surface area contributed by atoms with Gasteiger partial charge in [-0.2, -0.15) is 13.2 Å². The summed E-state index contributed by atoms with van der Waals surface area (Å²) in [5.74, 6) is 1.14. The molecule has 25 heavy (non-hydrogen) atoms. The molecule has 0 aliphatic carbocycles. The molecule has 1 aliphatic heterocycles. The van der Waals surface area contributed by atoms with E-state index in [4.69, 9.17) is 4.42 Å². The number of carbonyl (C=O) groups is 1. The maximum absolute atomic E-state index is 12.6. The van der Waals surface area contributed by atoms with Crippen LogP contribution in [-0.2, 0) is 12.7 Å². The first-order chi connectivity index (χ1) is 11.9. The molecule has 0 unspecified atom stereocenters. The number of halogens is 3. The van der Waals surface area contributed by atoms with Gasteiger partial charge in [0.2, 0.25) is 0 Å². The molecule has 0 saturated carbocycles. The summed E-state index contributed by atoms with van der Waals surface area (Å²) in [5.41, 5.74) is -0.771. The van der Waals surface area contributed by atoms with Crippen molar-refractivity contribution >= 4 is 11.8 Å². The van der Waals surface area contributed by atoms with Gasteiger partial charge in [-0.15, -0.1) is 0 Å². The van der Waals surface area contributed by atoms with Crippen molar-refractivity contribution in [3.63, 3.8) is 0 Å². The van der Waals surface area contributed by atoms with Crippen LogP contribution in [0.4, 0.5) is 23.8 Å². The number of anilines is 1. The molecular formula is C16H17F3N4O2. The second-order valence-electron chi connectivity index (χ2n) is 5.61. The fourth-order valence-electron chi connectivity index (χ4n) is 2.57. The zero-order chi connectivity index (χ0) is 17.9. The van der Waals surface area contributed by atoms with Gasteiger partial charge in [0.15, 0.2) is 0 Å². The molecule has 2 amide bonds. The second kappa shape index (κ2) is 7.04. The third-order valence-corrected chi connectivity index (χ3v) is 3.96. The largest absolute Gasteiger partial charge is 0.467 e. The Bertz CT molecular complexity index is 693. The molecule has 0 atom stereocenters. The molecule has 0 bridgehead atoms. The summed E-state index contributed by atoms with van der Waals surface area (Å²) in [5, 5.41) is 2.77.